The molecule has 1 amide bonds. The molecule has 6 nitrogen and oxygen atoms in total. The van der Waals surface area contributed by atoms with Crippen molar-refractivity contribution in [1.82, 2.24) is 25.0 Å². The maximum Gasteiger partial charge on any atom is 0.252 e. The summed E-state index contributed by atoms with van der Waals surface area (Å²) in [7, 11) is 1.89. The van der Waals surface area contributed by atoms with Gasteiger partial charge >= 0.3 is 0 Å². The molecule has 1 aliphatic carbocycles. The van der Waals surface area contributed by atoms with E-state index in [-0.39, 0.29) is 5.91 Å². The Balaban J connectivity index is 1.50. The summed E-state index contributed by atoms with van der Waals surface area (Å²) in [6, 6.07) is 10.5. The lowest BCUT2D eigenvalue weighted by Crippen LogP contribution is -2.24. The van der Waals surface area contributed by atoms with Gasteiger partial charge in [-0.2, -0.15) is 5.10 Å². The van der Waals surface area contributed by atoms with Crippen LogP contribution in [0.4, 0.5) is 0 Å². The first-order valence-corrected chi connectivity index (χ1v) is 10.9. The van der Waals surface area contributed by atoms with E-state index in [4.69, 9.17) is 4.98 Å². The fourth-order valence-electron chi connectivity index (χ4n) is 3.98. The predicted octanol–water partition coefficient (Wildman–Crippen LogP) is 3.93. The Morgan fingerprint density at radius 1 is 1.17 bits per heavy atom. The highest BCUT2D eigenvalue weighted by Gasteiger charge is 2.28. The molecule has 0 spiro atoms. The normalized spacial score (nSPS) is 13.9. The molecule has 1 aliphatic rings. The lowest BCUT2D eigenvalue weighted by Gasteiger charge is -2.18. The summed E-state index contributed by atoms with van der Waals surface area (Å²) in [6.45, 7) is 9.86. The van der Waals surface area contributed by atoms with Gasteiger partial charge in [0.1, 0.15) is 0 Å². The van der Waals surface area contributed by atoms with Crippen LogP contribution in [0.1, 0.15) is 65.5 Å². The maximum absolute atomic E-state index is 13.1. The molecule has 0 aliphatic heterocycles. The van der Waals surface area contributed by atoms with Crippen molar-refractivity contribution in [2.45, 2.75) is 52.6 Å². The quantitative estimate of drug-likeness (QED) is 0.617. The van der Waals surface area contributed by atoms with Gasteiger partial charge < -0.3 is 5.32 Å². The van der Waals surface area contributed by atoms with Crippen molar-refractivity contribution < 1.29 is 4.79 Å². The topological polar surface area (TPSA) is 63.1 Å². The van der Waals surface area contributed by atoms with Crippen molar-refractivity contribution in [1.29, 1.82) is 0 Å². The van der Waals surface area contributed by atoms with Gasteiger partial charge in [0.15, 0.2) is 5.65 Å². The summed E-state index contributed by atoms with van der Waals surface area (Å²) >= 11 is 0. The fourth-order valence-corrected chi connectivity index (χ4v) is 3.98. The second-order valence-corrected chi connectivity index (χ2v) is 8.24. The molecule has 4 rings (SSSR count). The fraction of sp³-hybridized carbons (Fsp3) is 0.458. The van der Waals surface area contributed by atoms with E-state index in [9.17, 15) is 4.79 Å². The van der Waals surface area contributed by atoms with Gasteiger partial charge in [0.2, 0.25) is 0 Å². The zero-order chi connectivity index (χ0) is 21.3. The zero-order valence-electron chi connectivity index (χ0n) is 18.4. The lowest BCUT2D eigenvalue weighted by atomic mass is 10.1. The largest absolute Gasteiger partial charge is 0.348 e. The third-order valence-electron chi connectivity index (χ3n) is 6.01. The van der Waals surface area contributed by atoms with E-state index in [0.717, 1.165) is 60.5 Å². The van der Waals surface area contributed by atoms with E-state index < -0.39 is 0 Å². The van der Waals surface area contributed by atoms with Crippen LogP contribution in [0.15, 0.2) is 30.3 Å². The molecular formula is C24H31N5O. The van der Waals surface area contributed by atoms with Crippen molar-refractivity contribution in [3.8, 4) is 0 Å². The molecule has 158 valence electrons. The van der Waals surface area contributed by atoms with E-state index in [1.165, 1.54) is 5.56 Å². The molecule has 1 fully saturated rings. The summed E-state index contributed by atoms with van der Waals surface area (Å²) < 4.78 is 1.78. The molecule has 6 heteroatoms. The molecule has 0 radical (unpaired) electrons. The average molecular weight is 406 g/mol. The minimum Gasteiger partial charge on any atom is -0.348 e. The third-order valence-corrected chi connectivity index (χ3v) is 6.01. The van der Waals surface area contributed by atoms with Gasteiger partial charge in [-0.3, -0.25) is 14.4 Å². The number of carbonyl (C=O) groups is 1. The number of hydrogen-bond acceptors (Lipinski definition) is 4. The van der Waals surface area contributed by atoms with Crippen molar-refractivity contribution >= 4 is 16.9 Å². The van der Waals surface area contributed by atoms with Crippen LogP contribution in [0, 0.1) is 6.92 Å². The summed E-state index contributed by atoms with van der Waals surface area (Å²) in [5.74, 6) is 0.419. The molecule has 2 aromatic heterocycles. The van der Waals surface area contributed by atoms with Gasteiger partial charge in [0.25, 0.3) is 5.91 Å². The van der Waals surface area contributed by atoms with E-state index in [2.05, 4.69) is 53.4 Å². The molecule has 0 unspecified atom stereocenters. The van der Waals surface area contributed by atoms with Crippen LogP contribution < -0.4 is 5.32 Å². The number of pyridine rings is 1. The van der Waals surface area contributed by atoms with Crippen molar-refractivity contribution in [2.24, 2.45) is 7.05 Å². The molecular weight excluding hydrogens is 374 g/mol. The molecule has 30 heavy (non-hydrogen) atoms. The first kappa shape index (κ1) is 20.5. The molecule has 2 heterocycles. The monoisotopic (exact) mass is 405 g/mol. The maximum atomic E-state index is 13.1. The van der Waals surface area contributed by atoms with Gasteiger partial charge in [-0.1, -0.05) is 38.1 Å². The number of aryl methyl sites for hydroxylation is 2. The highest BCUT2D eigenvalue weighted by molar-refractivity contribution is 6.06. The Morgan fingerprint density at radius 3 is 2.47 bits per heavy atom. The van der Waals surface area contributed by atoms with Gasteiger partial charge in [-0.25, -0.2) is 4.98 Å². The number of aromatic nitrogens is 3. The lowest BCUT2D eigenvalue weighted by molar-refractivity contribution is 0.0952. The van der Waals surface area contributed by atoms with Crippen LogP contribution >= 0.6 is 0 Å². The van der Waals surface area contributed by atoms with Crippen LogP contribution in [0.25, 0.3) is 11.0 Å². The van der Waals surface area contributed by atoms with E-state index in [1.807, 2.05) is 20.0 Å². The molecule has 1 saturated carbocycles. The number of amides is 1. The summed E-state index contributed by atoms with van der Waals surface area (Å²) in [5.41, 5.74) is 5.73. The Labute approximate surface area is 178 Å². The SMILES string of the molecule is CCN(CC)Cc1ccc(CNC(=O)c2cc(C3CC3)nc3c2c(C)nn3C)cc1. The smallest absolute Gasteiger partial charge is 0.252 e. The summed E-state index contributed by atoms with van der Waals surface area (Å²) in [5, 5.41) is 8.44. The molecule has 0 atom stereocenters. The molecule has 0 bridgehead atoms. The van der Waals surface area contributed by atoms with Crippen LogP contribution in [0.2, 0.25) is 0 Å². The highest BCUT2D eigenvalue weighted by atomic mass is 16.1. The first-order chi connectivity index (χ1) is 14.5. The minimum absolute atomic E-state index is 0.0624. The number of benzene rings is 1. The van der Waals surface area contributed by atoms with E-state index in [0.29, 0.717) is 18.0 Å². The number of fused-ring (bicyclic) bond motifs is 1. The Hall–Kier alpha value is -2.73. The van der Waals surface area contributed by atoms with E-state index in [1.54, 1.807) is 4.68 Å². The van der Waals surface area contributed by atoms with Gasteiger partial charge in [-0.05, 0) is 50.0 Å². The number of hydrogen-bond donors (Lipinski definition) is 1. The molecule has 0 saturated heterocycles. The van der Waals surface area contributed by atoms with Crippen molar-refractivity contribution in [3.05, 3.63) is 58.4 Å². The second kappa shape index (κ2) is 8.56. The third kappa shape index (κ3) is 4.24. The van der Waals surface area contributed by atoms with Gasteiger partial charge in [0.05, 0.1) is 16.6 Å². The first-order valence-electron chi connectivity index (χ1n) is 10.9. The van der Waals surface area contributed by atoms with Crippen LogP contribution in [0.3, 0.4) is 0 Å². The van der Waals surface area contributed by atoms with Crippen LogP contribution in [0.5, 0.6) is 0 Å². The standard InChI is InChI=1S/C24H31N5O/c1-5-29(6-2)15-18-9-7-17(8-10-18)14-25-24(30)20-13-21(19-11-12-19)26-23-22(20)16(3)27-28(23)4/h7-10,13,19H,5-6,11-12,14-15H2,1-4H3,(H,25,30). The van der Waals surface area contributed by atoms with E-state index >= 15 is 0 Å². The minimum atomic E-state index is -0.0624. The summed E-state index contributed by atoms with van der Waals surface area (Å²) in [6.07, 6.45) is 2.30. The molecule has 3 aromatic rings. The van der Waals surface area contributed by atoms with Crippen molar-refractivity contribution in [2.75, 3.05) is 13.1 Å². The van der Waals surface area contributed by atoms with Gasteiger partial charge in [-0.15, -0.1) is 0 Å². The Bertz CT molecular complexity index is 1050. The number of nitrogens with zero attached hydrogens (tertiary/aromatic N) is 4. The Morgan fingerprint density at radius 2 is 1.83 bits per heavy atom. The number of nitrogens with one attached hydrogen (secondary N) is 1. The average Bonchev–Trinajstić information content (AvgIpc) is 3.57. The molecule has 1 N–H and O–H groups in total. The number of rotatable bonds is 8. The van der Waals surface area contributed by atoms with Gasteiger partial charge in [0, 0.05) is 31.7 Å². The molecule has 1 aromatic carbocycles. The Kier molecular flexibility index (Phi) is 5.86. The van der Waals surface area contributed by atoms with Crippen molar-refractivity contribution in [3.63, 3.8) is 0 Å². The second-order valence-electron chi connectivity index (χ2n) is 8.24. The predicted molar refractivity (Wildman–Crippen MR) is 119 cm³/mol. The van der Waals surface area contributed by atoms with Crippen LogP contribution in [-0.4, -0.2) is 38.7 Å². The zero-order valence-corrected chi connectivity index (χ0v) is 18.4. The van der Waals surface area contributed by atoms with Crippen LogP contribution in [-0.2, 0) is 20.1 Å². The number of carbonyl (C=O) groups excluding carboxylic acids is 1. The highest BCUT2D eigenvalue weighted by Crippen LogP contribution is 2.40. The summed E-state index contributed by atoms with van der Waals surface area (Å²) in [4.78, 5) is 20.3.